The number of methoxy groups -OCH3 is 1. The fourth-order valence-corrected chi connectivity index (χ4v) is 1.27. The predicted octanol–water partition coefficient (Wildman–Crippen LogP) is -1.18. The third-order valence-corrected chi connectivity index (χ3v) is 1.99. The van der Waals surface area contributed by atoms with Crippen LogP contribution in [0, 0.1) is 0 Å². The van der Waals surface area contributed by atoms with Crippen LogP contribution in [0.15, 0.2) is 0 Å². The molecule has 1 rings (SSSR count). The van der Waals surface area contributed by atoms with Crippen LogP contribution in [0.1, 0.15) is 0 Å². The molecule has 1 aliphatic heterocycles. The molecule has 5 nitrogen and oxygen atoms in total. The third kappa shape index (κ3) is 2.95. The Hall–Kier alpha value is -0.650. The first-order valence-corrected chi connectivity index (χ1v) is 4.36. The van der Waals surface area contributed by atoms with Crippen molar-refractivity contribution in [3.63, 3.8) is 0 Å². The highest BCUT2D eigenvalue weighted by Crippen LogP contribution is 1.99. The van der Waals surface area contributed by atoms with Gasteiger partial charge in [0.1, 0.15) is 6.04 Å². The first-order chi connectivity index (χ1) is 6.25. The van der Waals surface area contributed by atoms with E-state index in [1.165, 1.54) is 7.11 Å². The molecular formula is C8H16N2O3. The second-order valence-electron chi connectivity index (χ2n) is 3.00. The number of carbonyl (C=O) groups excluding carboxylic acids is 1. The Labute approximate surface area is 77.8 Å². The molecule has 0 radical (unpaired) electrons. The van der Waals surface area contributed by atoms with Gasteiger partial charge in [0, 0.05) is 20.2 Å². The molecule has 0 aromatic heterocycles. The summed E-state index contributed by atoms with van der Waals surface area (Å²) in [6.07, 6.45) is 0. The van der Waals surface area contributed by atoms with E-state index < -0.39 is 6.04 Å². The molecule has 1 aliphatic rings. The van der Waals surface area contributed by atoms with Crippen molar-refractivity contribution >= 4 is 5.91 Å². The molecule has 0 bridgehead atoms. The largest absolute Gasteiger partial charge is 0.383 e. The average Bonchev–Trinajstić information content (AvgIpc) is 2.18. The number of nitrogens with zero attached hydrogens (tertiary/aromatic N) is 1. The zero-order chi connectivity index (χ0) is 9.68. The highest BCUT2D eigenvalue weighted by Gasteiger charge is 2.22. The summed E-state index contributed by atoms with van der Waals surface area (Å²) in [6, 6.07) is -0.539. The van der Waals surface area contributed by atoms with Crippen molar-refractivity contribution < 1.29 is 14.3 Å². The quantitative estimate of drug-likeness (QED) is 0.605. The van der Waals surface area contributed by atoms with E-state index in [1.54, 1.807) is 4.90 Å². The zero-order valence-electron chi connectivity index (χ0n) is 7.86. The number of ether oxygens (including phenoxy) is 2. The highest BCUT2D eigenvalue weighted by molar-refractivity contribution is 5.81. The Morgan fingerprint density at radius 1 is 1.62 bits per heavy atom. The van der Waals surface area contributed by atoms with E-state index in [-0.39, 0.29) is 12.5 Å². The topological polar surface area (TPSA) is 64.8 Å². The molecule has 1 atom stereocenters. The number of carbonyl (C=O) groups is 1. The molecular weight excluding hydrogens is 172 g/mol. The number of hydrogen-bond donors (Lipinski definition) is 1. The molecule has 1 amide bonds. The lowest BCUT2D eigenvalue weighted by Crippen LogP contribution is -2.50. The Morgan fingerprint density at radius 2 is 2.23 bits per heavy atom. The molecule has 1 saturated heterocycles. The van der Waals surface area contributed by atoms with Gasteiger partial charge in [-0.05, 0) is 0 Å². The van der Waals surface area contributed by atoms with E-state index in [1.807, 2.05) is 0 Å². The number of morpholine rings is 1. The molecule has 0 saturated carbocycles. The van der Waals surface area contributed by atoms with Crippen LogP contribution in [-0.4, -0.2) is 56.9 Å². The first-order valence-electron chi connectivity index (χ1n) is 4.36. The molecule has 0 spiro atoms. The maximum Gasteiger partial charge on any atom is 0.242 e. The van der Waals surface area contributed by atoms with Crippen LogP contribution in [0.3, 0.4) is 0 Å². The molecule has 2 N–H and O–H groups in total. The van der Waals surface area contributed by atoms with Crippen LogP contribution >= 0.6 is 0 Å². The van der Waals surface area contributed by atoms with E-state index in [0.717, 1.165) is 0 Å². The van der Waals surface area contributed by atoms with E-state index in [0.29, 0.717) is 26.3 Å². The summed E-state index contributed by atoms with van der Waals surface area (Å²) in [5.74, 6) is -0.0508. The number of amides is 1. The standard InChI is InChI=1S/C8H16N2O3/c1-12-6-7(9)8(11)10-2-4-13-5-3-10/h7H,2-6,9H2,1H3. The van der Waals surface area contributed by atoms with E-state index >= 15 is 0 Å². The second kappa shape index (κ2) is 5.16. The van der Waals surface area contributed by atoms with Crippen LogP contribution in [0.5, 0.6) is 0 Å². The van der Waals surface area contributed by atoms with Crippen LogP contribution in [-0.2, 0) is 14.3 Å². The van der Waals surface area contributed by atoms with E-state index in [2.05, 4.69) is 0 Å². The second-order valence-corrected chi connectivity index (χ2v) is 3.00. The Morgan fingerprint density at radius 3 is 2.77 bits per heavy atom. The summed E-state index contributed by atoms with van der Waals surface area (Å²) in [6.45, 7) is 2.75. The van der Waals surface area contributed by atoms with Gasteiger partial charge in [0.15, 0.2) is 0 Å². The van der Waals surface area contributed by atoms with Crippen molar-refractivity contribution in [1.29, 1.82) is 0 Å². The monoisotopic (exact) mass is 188 g/mol. The van der Waals surface area contributed by atoms with Crippen molar-refractivity contribution in [2.75, 3.05) is 40.0 Å². The van der Waals surface area contributed by atoms with Crippen LogP contribution < -0.4 is 5.73 Å². The minimum absolute atomic E-state index is 0.0508. The SMILES string of the molecule is COCC(N)C(=O)N1CCOCC1. The molecule has 0 aromatic rings. The molecule has 76 valence electrons. The van der Waals surface area contributed by atoms with Gasteiger partial charge in [-0.25, -0.2) is 0 Å². The van der Waals surface area contributed by atoms with Gasteiger partial charge >= 0.3 is 0 Å². The summed E-state index contributed by atoms with van der Waals surface area (Å²) >= 11 is 0. The Kier molecular flexibility index (Phi) is 4.14. The van der Waals surface area contributed by atoms with Gasteiger partial charge in [0.2, 0.25) is 5.91 Å². The van der Waals surface area contributed by atoms with Gasteiger partial charge in [0.25, 0.3) is 0 Å². The Bertz CT molecular complexity index is 169. The lowest BCUT2D eigenvalue weighted by molar-refractivity contribution is -0.137. The minimum Gasteiger partial charge on any atom is -0.383 e. The summed E-state index contributed by atoms with van der Waals surface area (Å²) in [5, 5.41) is 0. The van der Waals surface area contributed by atoms with Gasteiger partial charge in [-0.2, -0.15) is 0 Å². The molecule has 13 heavy (non-hydrogen) atoms. The molecule has 0 aromatic carbocycles. The fraction of sp³-hybridized carbons (Fsp3) is 0.875. The first kappa shape index (κ1) is 10.4. The van der Waals surface area contributed by atoms with Crippen molar-refractivity contribution in [3.05, 3.63) is 0 Å². The maximum atomic E-state index is 11.6. The van der Waals surface area contributed by atoms with Gasteiger partial charge in [-0.15, -0.1) is 0 Å². The molecule has 5 heteroatoms. The van der Waals surface area contributed by atoms with E-state index in [9.17, 15) is 4.79 Å². The predicted molar refractivity (Wildman–Crippen MR) is 47.3 cm³/mol. The molecule has 1 unspecified atom stereocenters. The van der Waals surface area contributed by atoms with Crippen molar-refractivity contribution in [3.8, 4) is 0 Å². The normalized spacial score (nSPS) is 20.0. The smallest absolute Gasteiger partial charge is 0.242 e. The van der Waals surface area contributed by atoms with E-state index in [4.69, 9.17) is 15.2 Å². The summed E-state index contributed by atoms with van der Waals surface area (Å²) in [7, 11) is 1.53. The highest BCUT2D eigenvalue weighted by atomic mass is 16.5. The van der Waals surface area contributed by atoms with Gasteiger partial charge in [-0.3, -0.25) is 4.79 Å². The summed E-state index contributed by atoms with van der Waals surface area (Å²) < 4.78 is 9.94. The summed E-state index contributed by atoms with van der Waals surface area (Å²) in [5.41, 5.74) is 5.60. The average molecular weight is 188 g/mol. The minimum atomic E-state index is -0.539. The van der Waals surface area contributed by atoms with Crippen molar-refractivity contribution in [2.24, 2.45) is 5.73 Å². The Balaban J connectivity index is 2.36. The molecule has 1 fully saturated rings. The third-order valence-electron chi connectivity index (χ3n) is 1.99. The van der Waals surface area contributed by atoms with Gasteiger partial charge < -0.3 is 20.1 Å². The van der Waals surface area contributed by atoms with Gasteiger partial charge in [-0.1, -0.05) is 0 Å². The number of rotatable bonds is 3. The van der Waals surface area contributed by atoms with Crippen LogP contribution in [0.4, 0.5) is 0 Å². The number of nitrogens with two attached hydrogens (primary N) is 1. The van der Waals surface area contributed by atoms with Crippen LogP contribution in [0.25, 0.3) is 0 Å². The van der Waals surface area contributed by atoms with Crippen LogP contribution in [0.2, 0.25) is 0 Å². The van der Waals surface area contributed by atoms with Gasteiger partial charge in [0.05, 0.1) is 19.8 Å². The maximum absolute atomic E-state index is 11.6. The van der Waals surface area contributed by atoms with Crippen molar-refractivity contribution in [1.82, 2.24) is 4.90 Å². The molecule has 1 heterocycles. The molecule has 0 aliphatic carbocycles. The lowest BCUT2D eigenvalue weighted by atomic mass is 10.2. The zero-order valence-corrected chi connectivity index (χ0v) is 7.86. The summed E-state index contributed by atoms with van der Waals surface area (Å²) in [4.78, 5) is 13.3. The van der Waals surface area contributed by atoms with Crippen molar-refractivity contribution in [2.45, 2.75) is 6.04 Å². The fourth-order valence-electron chi connectivity index (χ4n) is 1.27. The lowest BCUT2D eigenvalue weighted by Gasteiger charge is -2.28. The number of hydrogen-bond acceptors (Lipinski definition) is 4.